The summed E-state index contributed by atoms with van der Waals surface area (Å²) in [4.78, 5) is 30.3. The van der Waals surface area contributed by atoms with Crippen LogP contribution in [0.1, 0.15) is 24.1 Å². The molecule has 0 unspecified atom stereocenters. The normalized spacial score (nSPS) is 16.2. The number of amides is 3. The van der Waals surface area contributed by atoms with E-state index in [1.807, 2.05) is 37.3 Å². The topological polar surface area (TPSA) is 74.3 Å². The number of carbonyl (C=O) groups excluding carboxylic acids is 2. The second-order valence-corrected chi connectivity index (χ2v) is 6.77. The summed E-state index contributed by atoms with van der Waals surface area (Å²) in [6.07, 6.45) is 2.91. The van der Waals surface area contributed by atoms with Gasteiger partial charge in [-0.25, -0.2) is 4.79 Å². The average molecular weight is 373 g/mol. The second kappa shape index (κ2) is 8.19. The fourth-order valence-corrected chi connectivity index (χ4v) is 3.23. The molecule has 1 aliphatic rings. The number of nitrogens with one attached hydrogen (secondary N) is 2. The van der Waals surface area contributed by atoms with Crippen LogP contribution in [-0.2, 0) is 11.3 Å². The van der Waals surface area contributed by atoms with Gasteiger partial charge in [0.15, 0.2) is 0 Å². The SMILES string of the molecule is Cc1cccc(Cl)c1NC(=O)N(Cc1ccccn1)C[C@@H]1CCC(=O)N1. The van der Waals surface area contributed by atoms with Gasteiger partial charge >= 0.3 is 6.03 Å². The Labute approximate surface area is 157 Å². The zero-order chi connectivity index (χ0) is 18.5. The molecular weight excluding hydrogens is 352 g/mol. The molecule has 2 heterocycles. The van der Waals surface area contributed by atoms with Gasteiger partial charge in [0.05, 0.1) is 22.9 Å². The number of halogens is 1. The summed E-state index contributed by atoms with van der Waals surface area (Å²) >= 11 is 6.23. The van der Waals surface area contributed by atoms with Gasteiger partial charge < -0.3 is 15.5 Å². The fraction of sp³-hybridized carbons (Fsp3) is 0.316. The van der Waals surface area contributed by atoms with Crippen LogP contribution >= 0.6 is 11.6 Å². The molecule has 2 N–H and O–H groups in total. The van der Waals surface area contributed by atoms with Gasteiger partial charge in [-0.1, -0.05) is 29.8 Å². The lowest BCUT2D eigenvalue weighted by Crippen LogP contribution is -2.43. The lowest BCUT2D eigenvalue weighted by molar-refractivity contribution is -0.119. The van der Waals surface area contributed by atoms with E-state index < -0.39 is 0 Å². The van der Waals surface area contributed by atoms with Gasteiger partial charge in [0.2, 0.25) is 5.91 Å². The maximum Gasteiger partial charge on any atom is 0.322 e. The summed E-state index contributed by atoms with van der Waals surface area (Å²) < 4.78 is 0. The number of urea groups is 1. The predicted molar refractivity (Wildman–Crippen MR) is 101 cm³/mol. The minimum atomic E-state index is -0.270. The summed E-state index contributed by atoms with van der Waals surface area (Å²) in [5.41, 5.74) is 2.27. The molecule has 7 heteroatoms. The number of aryl methyl sites for hydroxylation is 1. The molecule has 26 heavy (non-hydrogen) atoms. The van der Waals surface area contributed by atoms with Crippen molar-refractivity contribution in [3.05, 3.63) is 58.9 Å². The third-order valence-corrected chi connectivity index (χ3v) is 4.66. The van der Waals surface area contributed by atoms with Gasteiger partial charge in [0.1, 0.15) is 0 Å². The smallest absolute Gasteiger partial charge is 0.322 e. The lowest BCUT2D eigenvalue weighted by Gasteiger charge is -2.26. The highest BCUT2D eigenvalue weighted by Crippen LogP contribution is 2.25. The highest BCUT2D eigenvalue weighted by molar-refractivity contribution is 6.33. The van der Waals surface area contributed by atoms with E-state index in [1.165, 1.54) is 0 Å². The highest BCUT2D eigenvalue weighted by atomic mass is 35.5. The lowest BCUT2D eigenvalue weighted by atomic mass is 10.2. The van der Waals surface area contributed by atoms with Crippen molar-refractivity contribution in [1.29, 1.82) is 0 Å². The van der Waals surface area contributed by atoms with E-state index in [4.69, 9.17) is 11.6 Å². The first-order valence-electron chi connectivity index (χ1n) is 8.53. The first kappa shape index (κ1) is 18.2. The molecule has 1 fully saturated rings. The monoisotopic (exact) mass is 372 g/mol. The Morgan fingerprint density at radius 1 is 1.35 bits per heavy atom. The Morgan fingerprint density at radius 2 is 2.19 bits per heavy atom. The van der Waals surface area contributed by atoms with Crippen molar-refractivity contribution >= 4 is 29.2 Å². The van der Waals surface area contributed by atoms with Crippen LogP contribution < -0.4 is 10.6 Å². The van der Waals surface area contributed by atoms with E-state index in [1.54, 1.807) is 17.2 Å². The molecule has 1 aromatic carbocycles. The van der Waals surface area contributed by atoms with Crippen LogP contribution in [0.25, 0.3) is 0 Å². The van der Waals surface area contributed by atoms with Crippen LogP contribution in [0.3, 0.4) is 0 Å². The number of anilines is 1. The largest absolute Gasteiger partial charge is 0.352 e. The van der Waals surface area contributed by atoms with Crippen LogP contribution in [0.4, 0.5) is 10.5 Å². The van der Waals surface area contributed by atoms with E-state index in [0.29, 0.717) is 30.2 Å². The van der Waals surface area contributed by atoms with E-state index in [0.717, 1.165) is 17.7 Å². The summed E-state index contributed by atoms with van der Waals surface area (Å²) in [5, 5.41) is 6.29. The Morgan fingerprint density at radius 3 is 2.85 bits per heavy atom. The zero-order valence-corrected chi connectivity index (χ0v) is 15.3. The first-order chi connectivity index (χ1) is 12.5. The van der Waals surface area contributed by atoms with Gasteiger partial charge in [-0.3, -0.25) is 9.78 Å². The molecule has 2 aromatic rings. The summed E-state index contributed by atoms with van der Waals surface area (Å²) in [6.45, 7) is 2.65. The quantitative estimate of drug-likeness (QED) is 0.845. The van der Waals surface area contributed by atoms with Crippen molar-refractivity contribution < 1.29 is 9.59 Å². The number of rotatable bonds is 5. The maximum absolute atomic E-state index is 12.9. The number of pyridine rings is 1. The molecule has 0 bridgehead atoms. The number of aromatic nitrogens is 1. The number of carbonyl (C=O) groups is 2. The van der Waals surface area contributed by atoms with Crippen LogP contribution in [0.5, 0.6) is 0 Å². The standard InChI is InChI=1S/C19H21ClN4O2/c1-13-5-4-7-16(20)18(13)23-19(26)24(11-14-6-2-3-10-21-14)12-15-8-9-17(25)22-15/h2-7,10,15H,8-9,11-12H2,1H3,(H,22,25)(H,23,26)/t15-/m0/s1. The van der Waals surface area contributed by atoms with Crippen LogP contribution in [0, 0.1) is 6.92 Å². The Balaban J connectivity index is 1.77. The molecule has 1 saturated heterocycles. The van der Waals surface area contributed by atoms with Crippen molar-refractivity contribution in [2.24, 2.45) is 0 Å². The molecule has 0 saturated carbocycles. The Hall–Kier alpha value is -2.60. The molecular formula is C19H21ClN4O2. The number of benzene rings is 1. The van der Waals surface area contributed by atoms with Gasteiger partial charge in [-0.05, 0) is 37.1 Å². The molecule has 0 radical (unpaired) electrons. The predicted octanol–water partition coefficient (Wildman–Crippen LogP) is 3.36. The fourth-order valence-electron chi connectivity index (χ4n) is 2.96. The average Bonchev–Trinajstić information content (AvgIpc) is 3.03. The number of hydrogen-bond acceptors (Lipinski definition) is 3. The van der Waals surface area contributed by atoms with E-state index >= 15 is 0 Å². The molecule has 3 amide bonds. The summed E-state index contributed by atoms with van der Waals surface area (Å²) in [6, 6.07) is 10.7. The van der Waals surface area contributed by atoms with Crippen LogP contribution in [0.2, 0.25) is 5.02 Å². The van der Waals surface area contributed by atoms with Crippen LogP contribution in [-0.4, -0.2) is 34.4 Å². The summed E-state index contributed by atoms with van der Waals surface area (Å²) in [7, 11) is 0. The first-order valence-corrected chi connectivity index (χ1v) is 8.91. The molecule has 1 atom stereocenters. The number of hydrogen-bond donors (Lipinski definition) is 2. The number of para-hydroxylation sites is 1. The van der Waals surface area contributed by atoms with Crippen molar-refractivity contribution in [1.82, 2.24) is 15.2 Å². The third kappa shape index (κ3) is 4.52. The zero-order valence-electron chi connectivity index (χ0n) is 14.5. The van der Waals surface area contributed by atoms with Gasteiger partial charge in [0.25, 0.3) is 0 Å². The Kier molecular flexibility index (Phi) is 5.73. The Bertz CT molecular complexity index is 777. The van der Waals surface area contributed by atoms with E-state index in [2.05, 4.69) is 15.6 Å². The summed E-state index contributed by atoms with van der Waals surface area (Å²) in [5.74, 6) is 0.0233. The minimum absolute atomic E-state index is 0.0233. The maximum atomic E-state index is 12.9. The molecule has 136 valence electrons. The van der Waals surface area contributed by atoms with Crippen molar-refractivity contribution in [3.63, 3.8) is 0 Å². The van der Waals surface area contributed by atoms with Gasteiger partial charge in [-0.2, -0.15) is 0 Å². The minimum Gasteiger partial charge on any atom is -0.352 e. The molecule has 1 aromatic heterocycles. The van der Waals surface area contributed by atoms with Crippen molar-refractivity contribution in [2.75, 3.05) is 11.9 Å². The molecule has 0 spiro atoms. The van der Waals surface area contributed by atoms with Crippen molar-refractivity contribution in [3.8, 4) is 0 Å². The van der Waals surface area contributed by atoms with Crippen molar-refractivity contribution in [2.45, 2.75) is 32.4 Å². The molecule has 1 aliphatic heterocycles. The molecule has 3 rings (SSSR count). The van der Waals surface area contributed by atoms with Gasteiger partial charge in [-0.15, -0.1) is 0 Å². The van der Waals surface area contributed by atoms with Crippen LogP contribution in [0.15, 0.2) is 42.6 Å². The van der Waals surface area contributed by atoms with Gasteiger partial charge in [0, 0.05) is 25.2 Å². The third-order valence-electron chi connectivity index (χ3n) is 4.35. The highest BCUT2D eigenvalue weighted by Gasteiger charge is 2.26. The molecule has 0 aliphatic carbocycles. The van der Waals surface area contributed by atoms with E-state index in [9.17, 15) is 9.59 Å². The van der Waals surface area contributed by atoms with E-state index in [-0.39, 0.29) is 18.0 Å². The second-order valence-electron chi connectivity index (χ2n) is 6.37. The molecule has 6 nitrogen and oxygen atoms in total. The number of nitrogens with zero attached hydrogens (tertiary/aromatic N) is 2.